The number of nitrogens with zero attached hydrogens (tertiary/aromatic N) is 2. The lowest BCUT2D eigenvalue weighted by atomic mass is 10.2. The van der Waals surface area contributed by atoms with E-state index in [1.807, 2.05) is 25.1 Å². The third kappa shape index (κ3) is 3.58. The molecule has 0 spiro atoms. The van der Waals surface area contributed by atoms with Crippen molar-refractivity contribution in [1.82, 2.24) is 15.5 Å². The number of nitrogens with one attached hydrogen (secondary N) is 2. The van der Waals surface area contributed by atoms with Gasteiger partial charge in [-0.25, -0.2) is 0 Å². The summed E-state index contributed by atoms with van der Waals surface area (Å²) in [7, 11) is 0. The van der Waals surface area contributed by atoms with Crippen molar-refractivity contribution >= 4 is 33.3 Å². The lowest BCUT2D eigenvalue weighted by Crippen LogP contribution is -2.26. The summed E-state index contributed by atoms with van der Waals surface area (Å²) in [6.07, 6.45) is 2.11. The van der Waals surface area contributed by atoms with Crippen LogP contribution in [0.25, 0.3) is 0 Å². The Morgan fingerprint density at radius 2 is 2.05 bits per heavy atom. The summed E-state index contributed by atoms with van der Waals surface area (Å²) < 4.78 is 0.958. The zero-order chi connectivity index (χ0) is 14.8. The van der Waals surface area contributed by atoms with Gasteiger partial charge < -0.3 is 10.6 Å². The van der Waals surface area contributed by atoms with Gasteiger partial charge in [0.25, 0.3) is 5.91 Å². The largest absolute Gasteiger partial charge is 0.348 e. The minimum absolute atomic E-state index is 0.159. The molecule has 0 saturated heterocycles. The number of aromatic nitrogens is 2. The SMILES string of the molecule is Cc1ccc(Nc2ccc(C(=O)NC3CC3)nn2)c(Br)c1. The molecule has 1 aromatic heterocycles. The molecule has 108 valence electrons. The summed E-state index contributed by atoms with van der Waals surface area (Å²) in [5.74, 6) is 0.440. The number of rotatable bonds is 4. The Labute approximate surface area is 131 Å². The molecule has 1 saturated carbocycles. The average Bonchev–Trinajstić information content (AvgIpc) is 3.26. The summed E-state index contributed by atoms with van der Waals surface area (Å²) in [4.78, 5) is 11.8. The molecule has 2 aromatic rings. The van der Waals surface area contributed by atoms with E-state index in [9.17, 15) is 4.79 Å². The molecule has 3 rings (SSSR count). The molecule has 2 N–H and O–H groups in total. The lowest BCUT2D eigenvalue weighted by Gasteiger charge is -2.08. The van der Waals surface area contributed by atoms with Crippen LogP contribution in [0.5, 0.6) is 0 Å². The molecule has 21 heavy (non-hydrogen) atoms. The van der Waals surface area contributed by atoms with Crippen LogP contribution >= 0.6 is 15.9 Å². The fraction of sp³-hybridized carbons (Fsp3) is 0.267. The van der Waals surface area contributed by atoms with E-state index < -0.39 is 0 Å². The maximum absolute atomic E-state index is 11.8. The van der Waals surface area contributed by atoms with Crippen molar-refractivity contribution in [1.29, 1.82) is 0 Å². The second-order valence-electron chi connectivity index (χ2n) is 5.16. The molecule has 1 fully saturated rings. The molecule has 0 aliphatic heterocycles. The van der Waals surface area contributed by atoms with Crippen LogP contribution in [0, 0.1) is 6.92 Å². The molecule has 1 aliphatic carbocycles. The Morgan fingerprint density at radius 3 is 2.67 bits per heavy atom. The van der Waals surface area contributed by atoms with Crippen molar-refractivity contribution in [3.63, 3.8) is 0 Å². The number of hydrogen-bond donors (Lipinski definition) is 2. The number of anilines is 2. The van der Waals surface area contributed by atoms with Crippen LogP contribution in [0.4, 0.5) is 11.5 Å². The van der Waals surface area contributed by atoms with Gasteiger partial charge >= 0.3 is 0 Å². The minimum Gasteiger partial charge on any atom is -0.348 e. The summed E-state index contributed by atoms with van der Waals surface area (Å²) in [5, 5.41) is 14.1. The number of amides is 1. The fourth-order valence-electron chi connectivity index (χ4n) is 1.87. The molecule has 0 bridgehead atoms. The van der Waals surface area contributed by atoms with Gasteiger partial charge in [0.05, 0.1) is 5.69 Å². The smallest absolute Gasteiger partial charge is 0.272 e. The fourth-order valence-corrected chi connectivity index (χ4v) is 2.46. The van der Waals surface area contributed by atoms with Crippen molar-refractivity contribution in [3.8, 4) is 0 Å². The van der Waals surface area contributed by atoms with Crippen LogP contribution in [0.2, 0.25) is 0 Å². The van der Waals surface area contributed by atoms with Crippen molar-refractivity contribution in [2.24, 2.45) is 0 Å². The van der Waals surface area contributed by atoms with Gasteiger partial charge in [-0.2, -0.15) is 0 Å². The lowest BCUT2D eigenvalue weighted by molar-refractivity contribution is 0.0945. The van der Waals surface area contributed by atoms with Gasteiger partial charge in [-0.05, 0) is 65.5 Å². The molecule has 1 heterocycles. The minimum atomic E-state index is -0.159. The first-order chi connectivity index (χ1) is 10.1. The van der Waals surface area contributed by atoms with E-state index in [-0.39, 0.29) is 5.91 Å². The zero-order valence-electron chi connectivity index (χ0n) is 11.6. The van der Waals surface area contributed by atoms with E-state index in [1.165, 1.54) is 5.56 Å². The normalized spacial score (nSPS) is 13.8. The molecule has 1 aromatic carbocycles. The number of benzene rings is 1. The Morgan fingerprint density at radius 1 is 1.24 bits per heavy atom. The maximum Gasteiger partial charge on any atom is 0.272 e. The standard InChI is InChI=1S/C15H15BrN4O/c1-9-2-5-12(11(16)8-9)18-14-7-6-13(19-20-14)15(21)17-10-3-4-10/h2,5-8,10H,3-4H2,1H3,(H,17,21)(H,18,20). The molecule has 0 unspecified atom stereocenters. The third-order valence-electron chi connectivity index (χ3n) is 3.20. The van der Waals surface area contributed by atoms with Crippen LogP contribution in [0.3, 0.4) is 0 Å². The predicted molar refractivity (Wildman–Crippen MR) is 84.7 cm³/mol. The molecule has 0 radical (unpaired) electrons. The van der Waals surface area contributed by atoms with Gasteiger partial charge in [0, 0.05) is 10.5 Å². The van der Waals surface area contributed by atoms with Gasteiger partial charge in [0.1, 0.15) is 0 Å². The first kappa shape index (κ1) is 14.0. The Balaban J connectivity index is 1.70. The molecular formula is C15H15BrN4O. The highest BCUT2D eigenvalue weighted by atomic mass is 79.9. The second-order valence-corrected chi connectivity index (χ2v) is 6.01. The van der Waals surface area contributed by atoms with Gasteiger partial charge in [0.2, 0.25) is 0 Å². The van der Waals surface area contributed by atoms with Crippen molar-refractivity contribution in [2.75, 3.05) is 5.32 Å². The first-order valence-electron chi connectivity index (χ1n) is 6.79. The summed E-state index contributed by atoms with van der Waals surface area (Å²) in [6, 6.07) is 9.75. The van der Waals surface area contributed by atoms with E-state index in [2.05, 4.69) is 36.8 Å². The van der Waals surface area contributed by atoms with E-state index in [0.29, 0.717) is 17.6 Å². The number of carbonyl (C=O) groups is 1. The summed E-state index contributed by atoms with van der Waals surface area (Å²) in [5.41, 5.74) is 2.42. The third-order valence-corrected chi connectivity index (χ3v) is 3.85. The van der Waals surface area contributed by atoms with Crippen molar-refractivity contribution in [3.05, 3.63) is 46.1 Å². The molecule has 1 amide bonds. The average molecular weight is 347 g/mol. The van der Waals surface area contributed by atoms with Gasteiger partial charge in [-0.3, -0.25) is 4.79 Å². The van der Waals surface area contributed by atoms with Crippen molar-refractivity contribution < 1.29 is 4.79 Å². The van der Waals surface area contributed by atoms with Crippen LogP contribution in [0.1, 0.15) is 28.9 Å². The Hall–Kier alpha value is -1.95. The highest BCUT2D eigenvalue weighted by molar-refractivity contribution is 9.10. The number of hydrogen-bond acceptors (Lipinski definition) is 4. The number of halogens is 1. The van der Waals surface area contributed by atoms with Gasteiger partial charge in [-0.15, -0.1) is 10.2 Å². The van der Waals surface area contributed by atoms with E-state index in [0.717, 1.165) is 23.0 Å². The Kier molecular flexibility index (Phi) is 3.88. The Bertz CT molecular complexity index is 668. The highest BCUT2D eigenvalue weighted by Crippen LogP contribution is 2.26. The second kappa shape index (κ2) is 5.81. The van der Waals surface area contributed by atoms with Crippen LogP contribution in [-0.2, 0) is 0 Å². The monoisotopic (exact) mass is 346 g/mol. The summed E-state index contributed by atoms with van der Waals surface area (Å²) >= 11 is 3.50. The quantitative estimate of drug-likeness (QED) is 0.892. The highest BCUT2D eigenvalue weighted by Gasteiger charge is 2.24. The van der Waals surface area contributed by atoms with Gasteiger partial charge in [-0.1, -0.05) is 6.07 Å². The van der Waals surface area contributed by atoms with Crippen LogP contribution < -0.4 is 10.6 Å². The van der Waals surface area contributed by atoms with E-state index in [1.54, 1.807) is 12.1 Å². The maximum atomic E-state index is 11.8. The topological polar surface area (TPSA) is 66.9 Å². The molecule has 6 heteroatoms. The van der Waals surface area contributed by atoms with E-state index in [4.69, 9.17) is 0 Å². The number of aryl methyl sites for hydroxylation is 1. The first-order valence-corrected chi connectivity index (χ1v) is 7.59. The van der Waals surface area contributed by atoms with Crippen molar-refractivity contribution in [2.45, 2.75) is 25.8 Å². The van der Waals surface area contributed by atoms with E-state index >= 15 is 0 Å². The zero-order valence-corrected chi connectivity index (χ0v) is 13.1. The number of carbonyl (C=O) groups excluding carboxylic acids is 1. The molecule has 0 atom stereocenters. The van der Waals surface area contributed by atoms with Crippen LogP contribution in [-0.4, -0.2) is 22.1 Å². The van der Waals surface area contributed by atoms with Gasteiger partial charge in [0.15, 0.2) is 11.5 Å². The summed E-state index contributed by atoms with van der Waals surface area (Å²) in [6.45, 7) is 2.03. The molecule has 1 aliphatic rings. The predicted octanol–water partition coefficient (Wildman–Crippen LogP) is 3.18. The van der Waals surface area contributed by atoms with Crippen LogP contribution in [0.15, 0.2) is 34.8 Å². The molecular weight excluding hydrogens is 332 g/mol. The molecule has 5 nitrogen and oxygen atoms in total.